The summed E-state index contributed by atoms with van der Waals surface area (Å²) in [4.78, 5) is 29.6. The Hall–Kier alpha value is -4.59. The van der Waals surface area contributed by atoms with Crippen LogP contribution in [0.5, 0.6) is 5.75 Å². The zero-order valence-electron chi connectivity index (χ0n) is 18.8. The van der Waals surface area contributed by atoms with Gasteiger partial charge in [0.15, 0.2) is 5.82 Å². The lowest BCUT2D eigenvalue weighted by atomic mass is 9.97. The van der Waals surface area contributed by atoms with E-state index in [-0.39, 0.29) is 47.3 Å². The molecule has 4 aromatic rings. The van der Waals surface area contributed by atoms with Crippen molar-refractivity contribution in [3.63, 3.8) is 0 Å². The Balaban J connectivity index is 1.86. The number of carbonyl (C=O) groups is 2. The molecule has 2 amide bonds. The Morgan fingerprint density at radius 1 is 1.08 bits per heavy atom. The van der Waals surface area contributed by atoms with Crippen molar-refractivity contribution < 1.29 is 19.1 Å². The predicted octanol–water partition coefficient (Wildman–Crippen LogP) is 4.73. The van der Waals surface area contributed by atoms with E-state index >= 15 is 0 Å². The van der Waals surface area contributed by atoms with Crippen molar-refractivity contribution in [1.82, 2.24) is 4.98 Å². The Kier molecular flexibility index (Phi) is 7.34. The van der Waals surface area contributed by atoms with Crippen molar-refractivity contribution in [1.29, 1.82) is 5.26 Å². The molecular weight excluding hydrogens is 481 g/mol. The van der Waals surface area contributed by atoms with E-state index in [2.05, 4.69) is 21.7 Å². The van der Waals surface area contributed by atoms with Gasteiger partial charge in [0, 0.05) is 35.8 Å². The fraction of sp³-hybridized carbons (Fsp3) is 0.0769. The van der Waals surface area contributed by atoms with E-state index in [0.29, 0.717) is 21.7 Å². The highest BCUT2D eigenvalue weighted by Gasteiger charge is 2.20. The minimum Gasteiger partial charge on any atom is -0.507 e. The van der Waals surface area contributed by atoms with Gasteiger partial charge in [-0.25, -0.2) is 9.37 Å². The first-order chi connectivity index (χ1) is 17.4. The topological polar surface area (TPSA) is 141 Å². The summed E-state index contributed by atoms with van der Waals surface area (Å²) >= 11 is 1.23. The normalized spacial score (nSPS) is 10.5. The van der Waals surface area contributed by atoms with Crippen LogP contribution in [0.2, 0.25) is 0 Å². The average molecular weight is 502 g/mol. The first kappa shape index (κ1) is 24.5. The molecule has 0 aliphatic heterocycles. The highest BCUT2D eigenvalue weighted by atomic mass is 32.1. The molecule has 0 unspecified atom stereocenters. The molecule has 8 nitrogen and oxygen atoms in total. The molecule has 0 atom stereocenters. The summed E-state index contributed by atoms with van der Waals surface area (Å²) in [6.07, 6.45) is 0.149. The minimum atomic E-state index is -0.628. The number of hydrogen-bond donors (Lipinski definition) is 4. The van der Waals surface area contributed by atoms with Gasteiger partial charge in [0.05, 0.1) is 10.6 Å². The molecule has 36 heavy (non-hydrogen) atoms. The van der Waals surface area contributed by atoms with Crippen LogP contribution < -0.4 is 16.4 Å². The number of amides is 2. The highest BCUT2D eigenvalue weighted by Crippen LogP contribution is 2.36. The fourth-order valence-electron chi connectivity index (χ4n) is 3.53. The van der Waals surface area contributed by atoms with Crippen LogP contribution in [0.25, 0.3) is 22.4 Å². The number of phenols is 1. The van der Waals surface area contributed by atoms with Gasteiger partial charge in [0.25, 0.3) is 5.91 Å². The number of anilines is 2. The zero-order valence-corrected chi connectivity index (χ0v) is 19.6. The number of carbonyl (C=O) groups excluding carboxylic acids is 2. The van der Waals surface area contributed by atoms with Crippen LogP contribution in [0, 0.1) is 17.1 Å². The number of nitrogens with zero attached hydrogens (tertiary/aromatic N) is 2. The Morgan fingerprint density at radius 3 is 2.61 bits per heavy atom. The third-order valence-electron chi connectivity index (χ3n) is 5.17. The number of aromatic hydroxyl groups is 1. The molecule has 4 rings (SSSR count). The molecule has 180 valence electrons. The van der Waals surface area contributed by atoms with Gasteiger partial charge in [-0.3, -0.25) is 9.59 Å². The smallest absolute Gasteiger partial charge is 0.266 e. The summed E-state index contributed by atoms with van der Waals surface area (Å²) in [7, 11) is 0. The molecule has 0 saturated carbocycles. The molecule has 2 aromatic carbocycles. The quantitative estimate of drug-likeness (QED) is 0.288. The van der Waals surface area contributed by atoms with Gasteiger partial charge in [0.2, 0.25) is 5.91 Å². The van der Waals surface area contributed by atoms with Crippen LogP contribution in [-0.4, -0.2) is 28.4 Å². The molecule has 0 saturated heterocycles. The maximum atomic E-state index is 13.6. The Morgan fingerprint density at radius 2 is 1.92 bits per heavy atom. The van der Waals surface area contributed by atoms with Crippen molar-refractivity contribution in [3.8, 4) is 34.2 Å². The Labute approximate surface area is 209 Å². The summed E-state index contributed by atoms with van der Waals surface area (Å²) in [5.74, 6) is -1.72. The lowest BCUT2D eigenvalue weighted by molar-refractivity contribution is -0.116. The lowest BCUT2D eigenvalue weighted by Crippen LogP contribution is -2.16. The van der Waals surface area contributed by atoms with E-state index in [9.17, 15) is 24.3 Å². The number of thiophene rings is 1. The largest absolute Gasteiger partial charge is 0.507 e. The number of rotatable bonds is 7. The molecule has 0 aliphatic carbocycles. The van der Waals surface area contributed by atoms with Gasteiger partial charge in [-0.15, -0.1) is 11.3 Å². The van der Waals surface area contributed by atoms with Crippen LogP contribution >= 0.6 is 11.3 Å². The van der Waals surface area contributed by atoms with E-state index in [1.165, 1.54) is 23.5 Å². The lowest BCUT2D eigenvalue weighted by Gasteiger charge is -2.15. The van der Waals surface area contributed by atoms with Crippen LogP contribution in [0.15, 0.2) is 66.0 Å². The number of hydrogen-bond acceptors (Lipinski definition) is 7. The van der Waals surface area contributed by atoms with Crippen molar-refractivity contribution in [2.24, 2.45) is 5.73 Å². The number of benzene rings is 2. The number of halogens is 1. The Bertz CT molecular complexity index is 1480. The second-order valence-electron chi connectivity index (χ2n) is 7.65. The predicted molar refractivity (Wildman–Crippen MR) is 136 cm³/mol. The summed E-state index contributed by atoms with van der Waals surface area (Å²) < 4.78 is 13.6. The molecule has 0 radical (unpaired) electrons. The number of nitrogens with two attached hydrogens (primary N) is 1. The van der Waals surface area contributed by atoms with Gasteiger partial charge >= 0.3 is 0 Å². The summed E-state index contributed by atoms with van der Waals surface area (Å²) in [5, 5.41) is 27.6. The van der Waals surface area contributed by atoms with E-state index in [4.69, 9.17) is 5.73 Å². The van der Waals surface area contributed by atoms with Crippen molar-refractivity contribution in [3.05, 3.63) is 82.3 Å². The van der Waals surface area contributed by atoms with Crippen LogP contribution in [0.4, 0.5) is 15.9 Å². The van der Waals surface area contributed by atoms with E-state index in [1.807, 2.05) is 0 Å². The molecule has 5 N–H and O–H groups in total. The first-order valence-electron chi connectivity index (χ1n) is 10.8. The second kappa shape index (κ2) is 10.8. The zero-order chi connectivity index (χ0) is 25.7. The number of phenolic OH excluding ortho intramolecular Hbond substituents is 1. The van der Waals surface area contributed by atoms with E-state index in [0.717, 1.165) is 6.07 Å². The van der Waals surface area contributed by atoms with Crippen molar-refractivity contribution in [2.75, 3.05) is 17.2 Å². The van der Waals surface area contributed by atoms with E-state index in [1.54, 1.807) is 47.8 Å². The summed E-state index contributed by atoms with van der Waals surface area (Å²) in [6.45, 7) is 0.201. The third-order valence-corrected chi connectivity index (χ3v) is 6.04. The number of nitriles is 1. The van der Waals surface area contributed by atoms with Gasteiger partial charge in [-0.1, -0.05) is 18.2 Å². The fourth-order valence-corrected chi connectivity index (χ4v) is 4.15. The highest BCUT2D eigenvalue weighted by molar-refractivity contribution is 7.12. The van der Waals surface area contributed by atoms with Gasteiger partial charge in [-0.2, -0.15) is 5.26 Å². The molecule has 0 aliphatic rings. The molecule has 0 fully saturated rings. The number of aromatic nitrogens is 1. The molecule has 0 bridgehead atoms. The minimum absolute atomic E-state index is 0.0234. The number of pyridine rings is 1. The number of nitrogens with one attached hydrogen (secondary N) is 2. The van der Waals surface area contributed by atoms with Crippen molar-refractivity contribution in [2.45, 2.75) is 6.42 Å². The summed E-state index contributed by atoms with van der Waals surface area (Å²) in [5.41, 5.74) is 7.37. The standard InChI is InChI=1S/C26H20FN5O3S/c27-16-6-7-18(22(33)12-16)21-13-19(15-3-1-4-17(11-15)30-24(34)8-9-28)20(14-29)25(31-21)32-26(35)23-5-2-10-36-23/h1-7,10-13,33H,8-9,28H2,(H,30,34)(H,31,32,35). The SMILES string of the molecule is N#Cc1c(-c2cccc(NC(=O)CCN)c2)cc(-c2ccc(F)cc2O)nc1NC(=O)c1cccs1. The third kappa shape index (κ3) is 5.38. The monoisotopic (exact) mass is 501 g/mol. The molecule has 2 heterocycles. The molecule has 2 aromatic heterocycles. The van der Waals surface area contributed by atoms with Crippen molar-refractivity contribution >= 4 is 34.7 Å². The van der Waals surface area contributed by atoms with Gasteiger partial charge < -0.3 is 21.5 Å². The van der Waals surface area contributed by atoms with Gasteiger partial charge in [-0.05, 0) is 47.3 Å². The second-order valence-corrected chi connectivity index (χ2v) is 8.60. The van der Waals surface area contributed by atoms with E-state index < -0.39 is 11.7 Å². The van der Waals surface area contributed by atoms with Gasteiger partial charge in [0.1, 0.15) is 23.2 Å². The maximum Gasteiger partial charge on any atom is 0.266 e. The average Bonchev–Trinajstić information content (AvgIpc) is 3.39. The van der Waals surface area contributed by atoms with Crippen LogP contribution in [0.1, 0.15) is 21.7 Å². The van der Waals surface area contributed by atoms with Crippen LogP contribution in [0.3, 0.4) is 0 Å². The summed E-state index contributed by atoms with van der Waals surface area (Å²) in [6, 6.07) is 17.3. The maximum absolute atomic E-state index is 13.6. The molecular formula is C26H20FN5O3S. The first-order valence-corrected chi connectivity index (χ1v) is 11.7. The van der Waals surface area contributed by atoms with Crippen LogP contribution in [-0.2, 0) is 4.79 Å². The molecule has 0 spiro atoms. The molecule has 10 heteroatoms.